The second kappa shape index (κ2) is 27.6. The van der Waals surface area contributed by atoms with Crippen LogP contribution in [0.25, 0.3) is 0 Å². The molecule has 8 heteroatoms. The molecule has 3 aliphatic rings. The minimum Gasteiger partial charge on any atom is -0.381 e. The van der Waals surface area contributed by atoms with Gasteiger partial charge in [0, 0.05) is 12.9 Å². The maximum Gasteiger partial charge on any atom is 0.177 e. The van der Waals surface area contributed by atoms with E-state index in [4.69, 9.17) is 23.7 Å². The van der Waals surface area contributed by atoms with Gasteiger partial charge in [-0.3, -0.25) is 4.79 Å². The summed E-state index contributed by atoms with van der Waals surface area (Å²) >= 11 is 2.37. The summed E-state index contributed by atoms with van der Waals surface area (Å²) in [4.78, 5) is 9.32. The Balaban J connectivity index is 0.000000409. The van der Waals surface area contributed by atoms with Gasteiger partial charge >= 0.3 is 0 Å². The summed E-state index contributed by atoms with van der Waals surface area (Å²) in [7, 11) is 3.68. The Bertz CT molecular complexity index is 842. The Morgan fingerprint density at radius 3 is 2.53 bits per heavy atom. The van der Waals surface area contributed by atoms with E-state index in [-0.39, 0.29) is 24.6 Å². The molecular formula is C35H57IO6S. The van der Waals surface area contributed by atoms with E-state index in [2.05, 4.69) is 78.4 Å². The van der Waals surface area contributed by atoms with Crippen molar-refractivity contribution in [2.45, 2.75) is 116 Å². The highest BCUT2D eigenvalue weighted by Gasteiger charge is 2.17. The molecule has 3 rings (SSSR count). The summed E-state index contributed by atoms with van der Waals surface area (Å²) < 4.78 is 28.3. The van der Waals surface area contributed by atoms with Gasteiger partial charge in [-0.25, -0.2) is 0 Å². The highest BCUT2D eigenvalue weighted by atomic mass is 127. The van der Waals surface area contributed by atoms with Gasteiger partial charge in [-0.05, 0) is 118 Å². The maximum absolute atomic E-state index is 9.32. The van der Waals surface area contributed by atoms with Gasteiger partial charge in [0.1, 0.15) is 6.29 Å². The molecule has 3 aliphatic heterocycles. The highest BCUT2D eigenvalue weighted by molar-refractivity contribution is 14.2. The van der Waals surface area contributed by atoms with Crippen LogP contribution in [-0.4, -0.2) is 69.7 Å². The number of carbonyl (C=O) groups is 1. The number of hydrogen-bond donors (Lipinski definition) is 0. The summed E-state index contributed by atoms with van der Waals surface area (Å²) in [5.74, 6) is 2.10. The van der Waals surface area contributed by atoms with E-state index in [1.807, 2.05) is 15.0 Å². The van der Waals surface area contributed by atoms with Crippen molar-refractivity contribution in [3.63, 3.8) is 0 Å². The molecule has 43 heavy (non-hydrogen) atoms. The topological polar surface area (TPSA) is 63.2 Å². The van der Waals surface area contributed by atoms with Gasteiger partial charge in [-0.1, -0.05) is 64.0 Å². The fourth-order valence-corrected chi connectivity index (χ4v) is 5.90. The maximum atomic E-state index is 9.32. The van der Waals surface area contributed by atoms with Crippen molar-refractivity contribution >= 4 is 36.4 Å². The summed E-state index contributed by atoms with van der Waals surface area (Å²) in [6, 6.07) is 0. The minimum absolute atomic E-state index is 0.171. The lowest BCUT2D eigenvalue weighted by Crippen LogP contribution is -2.28. The second-order valence-electron chi connectivity index (χ2n) is 11.2. The van der Waals surface area contributed by atoms with Gasteiger partial charge in [0.15, 0.2) is 6.29 Å². The number of hydrogen-bond acceptors (Lipinski definition) is 7. The van der Waals surface area contributed by atoms with Crippen LogP contribution >= 0.6 is 30.1 Å². The van der Waals surface area contributed by atoms with Crippen LogP contribution in [-0.2, 0) is 28.5 Å². The van der Waals surface area contributed by atoms with Crippen molar-refractivity contribution in [3.05, 3.63) is 60.3 Å². The average Bonchev–Trinajstić information content (AvgIpc) is 3.22. The molecule has 0 radical (unpaired) electrons. The molecule has 0 bridgehead atoms. The minimum atomic E-state index is -0.211. The molecule has 0 aromatic carbocycles. The molecular weight excluding hydrogens is 675 g/mol. The van der Waals surface area contributed by atoms with Crippen LogP contribution in [0.4, 0.5) is 0 Å². The lowest BCUT2D eigenvalue weighted by Gasteiger charge is -2.26. The van der Waals surface area contributed by atoms with Gasteiger partial charge < -0.3 is 23.7 Å². The molecule has 4 unspecified atom stereocenters. The van der Waals surface area contributed by atoms with E-state index in [9.17, 15) is 4.79 Å². The third-order valence-electron chi connectivity index (χ3n) is 7.36. The highest BCUT2D eigenvalue weighted by Crippen LogP contribution is 2.22. The Morgan fingerprint density at radius 2 is 1.91 bits per heavy atom. The first-order valence-corrected chi connectivity index (χ1v) is 19.4. The largest absolute Gasteiger partial charge is 0.381 e. The number of halogens is 1. The predicted molar refractivity (Wildman–Crippen MR) is 190 cm³/mol. The fourth-order valence-electron chi connectivity index (χ4n) is 4.69. The Labute approximate surface area is 278 Å². The zero-order valence-electron chi connectivity index (χ0n) is 27.2. The SMILES string of the molecule is C/C=C\C=O.CO[C@H](C/C=C/C1CCC(C)=CCO1)C/C=C/C1OCCC(C)O1.C[C@@H](CCCSI)CC1CC=CCO1. The van der Waals surface area contributed by atoms with Gasteiger partial charge in [0.2, 0.25) is 0 Å². The third kappa shape index (κ3) is 22.4. The Kier molecular flexibility index (Phi) is 25.8. The molecule has 3 heterocycles. The van der Waals surface area contributed by atoms with E-state index in [1.165, 1.54) is 36.7 Å². The number of carbonyl (C=O) groups excluding carboxylic acids is 1. The van der Waals surface area contributed by atoms with Crippen molar-refractivity contribution in [2.75, 3.05) is 32.7 Å². The lowest BCUT2D eigenvalue weighted by molar-refractivity contribution is -0.181. The third-order valence-corrected chi connectivity index (χ3v) is 9.13. The standard InChI is InChI=1S/C20H32O4.C11H19IOS.C4H6O/c1-16-10-11-19(22-14-12-16)8-4-6-18(21-3)7-5-9-20-23-15-13-17(2)24-20;1-10(5-4-8-14-12)9-11-6-2-3-7-13-11;1-2-3-4-5/h4-5,8-9,12,17-20H,6-7,10-11,13-15H2,1-3H3;2-3,10-11H,4-9H2,1H3;2-4H,1H3/b8-4+,9-5+;;3-2-/t17?,18-,19?,20?;10-,11?;/m10./s1. The number of ether oxygens (including phenoxy) is 5. The predicted octanol–water partition coefficient (Wildman–Crippen LogP) is 9.15. The van der Waals surface area contributed by atoms with E-state index in [0.717, 1.165) is 70.5 Å². The fraction of sp³-hybridized carbons (Fsp3) is 0.686. The first kappa shape index (κ1) is 40.3. The van der Waals surface area contributed by atoms with Crippen LogP contribution in [0.1, 0.15) is 85.5 Å². The molecule has 6 atom stereocenters. The number of aldehydes is 1. The van der Waals surface area contributed by atoms with Crippen LogP contribution in [0.3, 0.4) is 0 Å². The van der Waals surface area contributed by atoms with Crippen molar-refractivity contribution in [3.8, 4) is 0 Å². The Morgan fingerprint density at radius 1 is 1.12 bits per heavy atom. The van der Waals surface area contributed by atoms with Gasteiger partial charge in [0.05, 0.1) is 44.2 Å². The first-order chi connectivity index (χ1) is 20.9. The van der Waals surface area contributed by atoms with E-state index < -0.39 is 0 Å². The summed E-state index contributed by atoms with van der Waals surface area (Å²) in [6.07, 6.45) is 29.7. The summed E-state index contributed by atoms with van der Waals surface area (Å²) in [5.41, 5.74) is 1.42. The molecule has 0 aromatic rings. The molecule has 246 valence electrons. The van der Waals surface area contributed by atoms with Crippen LogP contribution in [0.5, 0.6) is 0 Å². The monoisotopic (exact) mass is 732 g/mol. The quantitative estimate of drug-likeness (QED) is 0.0581. The molecule has 0 N–H and O–H groups in total. The molecule has 0 spiro atoms. The summed E-state index contributed by atoms with van der Waals surface area (Å²) in [5, 5.41) is 0. The number of allylic oxidation sites excluding steroid dienone is 3. The zero-order valence-corrected chi connectivity index (χ0v) is 30.1. The van der Waals surface area contributed by atoms with Crippen LogP contribution in [0.2, 0.25) is 0 Å². The molecule has 6 nitrogen and oxygen atoms in total. The van der Waals surface area contributed by atoms with E-state index >= 15 is 0 Å². The van der Waals surface area contributed by atoms with Gasteiger partial charge in [0.25, 0.3) is 0 Å². The van der Waals surface area contributed by atoms with Crippen molar-refractivity contribution in [1.29, 1.82) is 0 Å². The molecule has 0 aromatic heterocycles. The van der Waals surface area contributed by atoms with Crippen molar-refractivity contribution < 1.29 is 28.5 Å². The number of methoxy groups -OCH3 is 1. The Hall–Kier alpha value is -0.750. The molecule has 0 saturated carbocycles. The first-order valence-electron chi connectivity index (χ1n) is 15.9. The van der Waals surface area contributed by atoms with Crippen LogP contribution < -0.4 is 0 Å². The smallest absolute Gasteiger partial charge is 0.177 e. The summed E-state index contributed by atoms with van der Waals surface area (Å²) in [6.45, 7) is 10.7. The van der Waals surface area contributed by atoms with Gasteiger partial charge in [-0.2, -0.15) is 0 Å². The van der Waals surface area contributed by atoms with Crippen LogP contribution in [0, 0.1) is 5.92 Å². The van der Waals surface area contributed by atoms with E-state index in [0.29, 0.717) is 6.10 Å². The zero-order chi connectivity index (χ0) is 31.5. The molecule has 1 saturated heterocycles. The average molecular weight is 733 g/mol. The van der Waals surface area contributed by atoms with E-state index in [1.54, 1.807) is 20.1 Å². The van der Waals surface area contributed by atoms with Crippen LogP contribution in [0.15, 0.2) is 60.3 Å². The van der Waals surface area contributed by atoms with Gasteiger partial charge in [-0.15, -0.1) is 0 Å². The molecule has 0 amide bonds. The normalized spacial score (nSPS) is 25.8. The van der Waals surface area contributed by atoms with Crippen molar-refractivity contribution in [1.82, 2.24) is 0 Å². The lowest BCUT2D eigenvalue weighted by atomic mass is 9.96. The van der Waals surface area contributed by atoms with Crippen molar-refractivity contribution in [2.24, 2.45) is 5.92 Å². The molecule has 0 aliphatic carbocycles. The molecule has 1 fully saturated rings. The second-order valence-corrected chi connectivity index (χ2v) is 13.7. The number of rotatable bonds is 14.